The number of benzene rings is 1. The van der Waals surface area contributed by atoms with Gasteiger partial charge in [-0.15, -0.1) is 0 Å². The summed E-state index contributed by atoms with van der Waals surface area (Å²) in [5, 5.41) is 9.96. The maximum atomic E-state index is 11.4. The third-order valence-electron chi connectivity index (χ3n) is 5.46. The molecule has 3 rings (SSSR count). The maximum Gasteiger partial charge on any atom is 0.248 e. The third kappa shape index (κ3) is 2.14. The molecule has 2 aliphatic carbocycles. The van der Waals surface area contributed by atoms with Gasteiger partial charge in [-0.25, -0.2) is 0 Å². The van der Waals surface area contributed by atoms with E-state index in [2.05, 4.69) is 13.0 Å². The average molecular weight is 273 g/mol. The number of aliphatic hydroxyl groups excluding tert-OH is 1. The Bertz CT molecular complexity index is 540. The Labute approximate surface area is 120 Å². The summed E-state index contributed by atoms with van der Waals surface area (Å²) in [6, 6.07) is 5.95. The maximum absolute atomic E-state index is 11.4. The Hall–Kier alpha value is -1.35. The number of carbonyl (C=O) groups excluding carboxylic acids is 1. The van der Waals surface area contributed by atoms with E-state index in [1.54, 1.807) is 0 Å². The van der Waals surface area contributed by atoms with Crippen LogP contribution in [0.5, 0.6) is 0 Å². The molecule has 1 saturated carbocycles. The monoisotopic (exact) mass is 273 g/mol. The highest BCUT2D eigenvalue weighted by atomic mass is 16.3. The number of rotatable bonds is 1. The number of primary amides is 1. The molecule has 2 aliphatic rings. The largest absolute Gasteiger partial charge is 0.393 e. The zero-order valence-corrected chi connectivity index (χ0v) is 12.1. The van der Waals surface area contributed by atoms with E-state index in [4.69, 9.17) is 5.73 Å². The SMILES string of the molecule is CC12CCC(O)CC1CCCc1cc(C(N)=O)ccc12. The van der Waals surface area contributed by atoms with Crippen molar-refractivity contribution in [3.8, 4) is 0 Å². The number of aliphatic hydroxyl groups is 1. The first-order valence-electron chi connectivity index (χ1n) is 7.62. The van der Waals surface area contributed by atoms with Crippen LogP contribution in [0.2, 0.25) is 0 Å². The minimum atomic E-state index is -0.349. The lowest BCUT2D eigenvalue weighted by atomic mass is 9.62. The summed E-state index contributed by atoms with van der Waals surface area (Å²) in [6.07, 6.45) is 5.98. The van der Waals surface area contributed by atoms with Crippen molar-refractivity contribution in [3.63, 3.8) is 0 Å². The Balaban J connectivity index is 2.05. The summed E-state index contributed by atoms with van der Waals surface area (Å²) < 4.78 is 0. The van der Waals surface area contributed by atoms with E-state index in [-0.39, 0.29) is 17.4 Å². The van der Waals surface area contributed by atoms with Crippen molar-refractivity contribution in [2.45, 2.75) is 57.0 Å². The van der Waals surface area contributed by atoms with Crippen molar-refractivity contribution in [2.75, 3.05) is 0 Å². The molecule has 0 heterocycles. The number of hydrogen-bond acceptors (Lipinski definition) is 2. The van der Waals surface area contributed by atoms with Crippen molar-refractivity contribution >= 4 is 5.91 Å². The number of nitrogens with two attached hydrogens (primary N) is 1. The highest BCUT2D eigenvalue weighted by Crippen LogP contribution is 2.48. The first-order chi connectivity index (χ1) is 9.50. The molecule has 3 N–H and O–H groups in total. The van der Waals surface area contributed by atoms with Gasteiger partial charge in [0.15, 0.2) is 0 Å². The fraction of sp³-hybridized carbons (Fsp3) is 0.588. The van der Waals surface area contributed by atoms with Gasteiger partial charge in [-0.05, 0) is 73.1 Å². The zero-order chi connectivity index (χ0) is 14.3. The summed E-state index contributed by atoms with van der Waals surface area (Å²) in [5.41, 5.74) is 8.80. The predicted octanol–water partition coefficient (Wildman–Crippen LogP) is 2.54. The molecule has 3 heteroatoms. The van der Waals surface area contributed by atoms with E-state index in [9.17, 15) is 9.90 Å². The first-order valence-corrected chi connectivity index (χ1v) is 7.62. The molecule has 3 atom stereocenters. The minimum Gasteiger partial charge on any atom is -0.393 e. The average Bonchev–Trinajstić information content (AvgIpc) is 2.55. The van der Waals surface area contributed by atoms with Crippen molar-refractivity contribution in [2.24, 2.45) is 11.7 Å². The highest BCUT2D eigenvalue weighted by Gasteiger charge is 2.42. The van der Waals surface area contributed by atoms with Gasteiger partial charge in [0.05, 0.1) is 6.10 Å². The van der Waals surface area contributed by atoms with Crippen LogP contribution < -0.4 is 5.73 Å². The number of hydrogen-bond donors (Lipinski definition) is 2. The zero-order valence-electron chi connectivity index (χ0n) is 12.1. The van der Waals surface area contributed by atoms with Crippen molar-refractivity contribution in [1.82, 2.24) is 0 Å². The normalized spacial score (nSPS) is 32.9. The van der Waals surface area contributed by atoms with Gasteiger partial charge in [0.25, 0.3) is 0 Å². The van der Waals surface area contributed by atoms with Crippen LogP contribution in [-0.2, 0) is 11.8 Å². The van der Waals surface area contributed by atoms with Crippen LogP contribution in [0.4, 0.5) is 0 Å². The van der Waals surface area contributed by atoms with Crippen LogP contribution >= 0.6 is 0 Å². The molecule has 0 saturated heterocycles. The summed E-state index contributed by atoms with van der Waals surface area (Å²) in [6.45, 7) is 2.33. The second-order valence-electron chi connectivity index (χ2n) is 6.67. The van der Waals surface area contributed by atoms with E-state index in [1.165, 1.54) is 11.1 Å². The van der Waals surface area contributed by atoms with Crippen LogP contribution in [0, 0.1) is 5.92 Å². The van der Waals surface area contributed by atoms with Gasteiger partial charge in [0.1, 0.15) is 0 Å². The highest BCUT2D eigenvalue weighted by molar-refractivity contribution is 5.93. The molecule has 1 amide bonds. The fourth-order valence-electron chi connectivity index (χ4n) is 4.22. The van der Waals surface area contributed by atoms with Gasteiger partial charge in [-0.2, -0.15) is 0 Å². The topological polar surface area (TPSA) is 63.3 Å². The molecular weight excluding hydrogens is 250 g/mol. The van der Waals surface area contributed by atoms with E-state index in [0.717, 1.165) is 38.5 Å². The number of aryl methyl sites for hydroxylation is 1. The molecule has 0 aromatic heterocycles. The second kappa shape index (κ2) is 4.88. The van der Waals surface area contributed by atoms with Crippen molar-refractivity contribution in [3.05, 3.63) is 34.9 Å². The molecular formula is C17H23NO2. The van der Waals surface area contributed by atoms with Crippen molar-refractivity contribution < 1.29 is 9.90 Å². The Morgan fingerprint density at radius 1 is 1.40 bits per heavy atom. The van der Waals surface area contributed by atoms with Crippen LogP contribution in [0.1, 0.15) is 60.5 Å². The quantitative estimate of drug-likeness (QED) is 0.826. The number of fused-ring (bicyclic) bond motifs is 3. The lowest BCUT2D eigenvalue weighted by molar-refractivity contribution is 0.0542. The summed E-state index contributed by atoms with van der Waals surface area (Å²) in [4.78, 5) is 11.4. The molecule has 0 bridgehead atoms. The summed E-state index contributed by atoms with van der Waals surface area (Å²) >= 11 is 0. The summed E-state index contributed by atoms with van der Waals surface area (Å²) in [5.74, 6) is 0.199. The van der Waals surface area contributed by atoms with Crippen LogP contribution in [0.3, 0.4) is 0 Å². The van der Waals surface area contributed by atoms with E-state index in [0.29, 0.717) is 11.5 Å². The van der Waals surface area contributed by atoms with Crippen LogP contribution in [0.25, 0.3) is 0 Å². The number of amides is 1. The van der Waals surface area contributed by atoms with E-state index in [1.807, 2.05) is 12.1 Å². The van der Waals surface area contributed by atoms with Gasteiger partial charge >= 0.3 is 0 Å². The van der Waals surface area contributed by atoms with Crippen molar-refractivity contribution in [1.29, 1.82) is 0 Å². The Kier molecular flexibility index (Phi) is 3.33. The smallest absolute Gasteiger partial charge is 0.248 e. The first kappa shape index (κ1) is 13.6. The predicted molar refractivity (Wildman–Crippen MR) is 78.6 cm³/mol. The molecule has 1 aromatic rings. The van der Waals surface area contributed by atoms with Crippen LogP contribution in [0.15, 0.2) is 18.2 Å². The van der Waals surface area contributed by atoms with Gasteiger partial charge in [-0.3, -0.25) is 4.79 Å². The molecule has 1 aromatic carbocycles. The minimum absolute atomic E-state index is 0.139. The fourth-order valence-corrected chi connectivity index (χ4v) is 4.22. The molecule has 0 spiro atoms. The lowest BCUT2D eigenvalue weighted by Crippen LogP contribution is -2.39. The summed E-state index contributed by atoms with van der Waals surface area (Å²) in [7, 11) is 0. The third-order valence-corrected chi connectivity index (χ3v) is 5.46. The Morgan fingerprint density at radius 2 is 2.20 bits per heavy atom. The molecule has 108 valence electrons. The lowest BCUT2D eigenvalue weighted by Gasteiger charge is -2.43. The Morgan fingerprint density at radius 3 is 2.95 bits per heavy atom. The van der Waals surface area contributed by atoms with E-state index >= 15 is 0 Å². The van der Waals surface area contributed by atoms with Gasteiger partial charge in [-0.1, -0.05) is 13.0 Å². The van der Waals surface area contributed by atoms with Gasteiger partial charge < -0.3 is 10.8 Å². The molecule has 3 nitrogen and oxygen atoms in total. The van der Waals surface area contributed by atoms with Gasteiger partial charge in [0, 0.05) is 5.56 Å². The molecule has 20 heavy (non-hydrogen) atoms. The van der Waals surface area contributed by atoms with Gasteiger partial charge in [0.2, 0.25) is 5.91 Å². The van der Waals surface area contributed by atoms with Crippen LogP contribution in [-0.4, -0.2) is 17.1 Å². The molecule has 0 aliphatic heterocycles. The molecule has 0 radical (unpaired) electrons. The molecule has 1 fully saturated rings. The van der Waals surface area contributed by atoms with E-state index < -0.39 is 0 Å². The second-order valence-corrected chi connectivity index (χ2v) is 6.67. The molecule has 3 unspecified atom stereocenters. The standard InChI is InChI=1S/C17H23NO2/c1-17-8-7-14(19)10-13(17)4-2-3-11-9-12(16(18)20)5-6-15(11)17/h5-6,9,13-14,19H,2-4,7-8,10H2,1H3,(H2,18,20). The number of carbonyl (C=O) groups is 1.